The van der Waals surface area contributed by atoms with Gasteiger partial charge >= 0.3 is 0 Å². The normalized spacial score (nSPS) is 13.7. The largest absolute Gasteiger partial charge is 0.376 e. The molecule has 1 atom stereocenters. The Labute approximate surface area is 414 Å². The molecule has 1 aliphatic heterocycles. The van der Waals surface area contributed by atoms with E-state index in [0.29, 0.717) is 60.3 Å². The SMILES string of the molecule is Cc1c(C(=O)NS(C)(=O)=O)c(-c2cccc(N3CCN(c4ccc(NS(=O)(=O)c5ccc(NC(CCN(C)C)CSc6ccccc6)c([N+](=O)[O-])c5)cc4)CC3)c2)c(-c2ccc(Cl)cc2)n1C(C)C. The minimum atomic E-state index is -4.19. The Morgan fingerprint density at radius 2 is 1.48 bits per heavy atom. The quantitative estimate of drug-likeness (QED) is 0.0398. The number of rotatable bonds is 19. The van der Waals surface area contributed by atoms with Crippen molar-refractivity contribution in [1.82, 2.24) is 14.2 Å². The first kappa shape index (κ1) is 50.8. The highest BCUT2D eigenvalue weighted by atomic mass is 35.5. The van der Waals surface area contributed by atoms with Crippen molar-refractivity contribution in [2.75, 3.05) is 78.7 Å². The van der Waals surface area contributed by atoms with Gasteiger partial charge in [-0.05, 0) is 132 Å². The molecule has 1 aliphatic rings. The van der Waals surface area contributed by atoms with E-state index < -0.39 is 30.9 Å². The van der Waals surface area contributed by atoms with Crippen molar-refractivity contribution >= 4 is 77.8 Å². The zero-order valence-corrected chi connectivity index (χ0v) is 42.6. The minimum absolute atomic E-state index is 0.0734. The predicted molar refractivity (Wildman–Crippen MR) is 280 cm³/mol. The zero-order chi connectivity index (χ0) is 49.6. The van der Waals surface area contributed by atoms with Crippen LogP contribution in [0.5, 0.6) is 0 Å². The molecule has 15 nitrogen and oxygen atoms in total. The van der Waals surface area contributed by atoms with Crippen LogP contribution in [-0.2, 0) is 20.0 Å². The van der Waals surface area contributed by atoms with Gasteiger partial charge in [0.2, 0.25) is 10.0 Å². The van der Waals surface area contributed by atoms with Gasteiger partial charge in [0, 0.05) is 88.3 Å². The molecule has 1 amide bonds. The molecular formula is C50H57ClN8O7S3. The Bertz CT molecular complexity index is 3020. The Hall–Kier alpha value is -6.05. The van der Waals surface area contributed by atoms with Gasteiger partial charge < -0.3 is 24.6 Å². The van der Waals surface area contributed by atoms with Gasteiger partial charge in [-0.25, -0.2) is 21.6 Å². The number of carbonyl (C=O) groups is 1. The van der Waals surface area contributed by atoms with E-state index in [2.05, 4.69) is 29.1 Å². The highest BCUT2D eigenvalue weighted by Gasteiger charge is 2.30. The fourth-order valence-electron chi connectivity index (χ4n) is 8.55. The summed E-state index contributed by atoms with van der Waals surface area (Å²) in [5.74, 6) is -0.0596. The van der Waals surface area contributed by atoms with Crippen LogP contribution in [0.1, 0.15) is 42.4 Å². The number of nitrogens with one attached hydrogen (secondary N) is 3. The number of carbonyl (C=O) groups excluding carboxylic acids is 1. The van der Waals surface area contributed by atoms with Crippen LogP contribution in [0.25, 0.3) is 22.4 Å². The lowest BCUT2D eigenvalue weighted by atomic mass is 9.96. The Balaban J connectivity index is 1.05. The summed E-state index contributed by atoms with van der Waals surface area (Å²) in [5, 5.41) is 16.2. The number of amides is 1. The van der Waals surface area contributed by atoms with E-state index in [-0.39, 0.29) is 33.9 Å². The maximum Gasteiger partial charge on any atom is 0.293 e. The number of aromatic nitrogens is 1. The molecule has 7 rings (SSSR count). The number of nitro benzene ring substituents is 1. The van der Waals surface area contributed by atoms with Crippen molar-refractivity contribution in [3.63, 3.8) is 0 Å². The van der Waals surface area contributed by atoms with Crippen LogP contribution in [-0.4, -0.2) is 102 Å². The summed E-state index contributed by atoms with van der Waals surface area (Å²) in [4.78, 5) is 32.9. The van der Waals surface area contributed by atoms with Crippen LogP contribution >= 0.6 is 23.4 Å². The third-order valence-electron chi connectivity index (χ3n) is 11.8. The fourth-order valence-corrected chi connectivity index (χ4v) is 11.2. The second-order valence-electron chi connectivity index (χ2n) is 17.5. The van der Waals surface area contributed by atoms with Gasteiger partial charge in [-0.3, -0.25) is 19.6 Å². The molecule has 1 fully saturated rings. The Morgan fingerprint density at radius 3 is 2.09 bits per heavy atom. The van der Waals surface area contributed by atoms with E-state index in [1.165, 1.54) is 12.1 Å². The number of halogens is 1. The number of anilines is 4. The van der Waals surface area contributed by atoms with E-state index in [9.17, 15) is 31.7 Å². The van der Waals surface area contributed by atoms with Crippen molar-refractivity contribution in [1.29, 1.82) is 0 Å². The number of nitro groups is 1. The van der Waals surface area contributed by atoms with Gasteiger partial charge in [-0.2, -0.15) is 0 Å². The number of hydrogen-bond donors (Lipinski definition) is 3. The van der Waals surface area contributed by atoms with Gasteiger partial charge in [0.15, 0.2) is 0 Å². The molecule has 5 aromatic carbocycles. The van der Waals surface area contributed by atoms with E-state index in [0.717, 1.165) is 52.0 Å². The highest BCUT2D eigenvalue weighted by Crippen LogP contribution is 2.43. The lowest BCUT2D eigenvalue weighted by Crippen LogP contribution is -2.46. The molecule has 1 saturated heterocycles. The molecule has 364 valence electrons. The lowest BCUT2D eigenvalue weighted by Gasteiger charge is -2.37. The predicted octanol–water partition coefficient (Wildman–Crippen LogP) is 9.61. The molecule has 0 radical (unpaired) electrons. The van der Waals surface area contributed by atoms with Crippen molar-refractivity contribution in [2.24, 2.45) is 0 Å². The molecule has 2 heterocycles. The van der Waals surface area contributed by atoms with Crippen LogP contribution in [0.2, 0.25) is 5.02 Å². The molecule has 6 aromatic rings. The first-order valence-electron chi connectivity index (χ1n) is 22.4. The molecule has 0 aliphatic carbocycles. The van der Waals surface area contributed by atoms with Gasteiger partial charge in [0.05, 0.1) is 27.3 Å². The highest BCUT2D eigenvalue weighted by molar-refractivity contribution is 7.99. The molecule has 1 aromatic heterocycles. The number of benzene rings is 5. The topological polar surface area (TPSA) is 179 Å². The third-order valence-corrected chi connectivity index (χ3v) is 15.2. The van der Waals surface area contributed by atoms with E-state index in [4.69, 9.17) is 11.6 Å². The number of sulfonamides is 2. The summed E-state index contributed by atoms with van der Waals surface area (Å²) in [7, 11) is -4.13. The Kier molecular flexibility index (Phi) is 16.0. The summed E-state index contributed by atoms with van der Waals surface area (Å²) in [5.41, 5.74) is 5.91. The standard InChI is InChI=1S/C50H57ClN8O7S3/c1-34(2)58-35(3)47(50(60)54-68(6,63)64)48(49(58)36-15-17-38(51)18-16-36)37-11-10-12-42(31-37)57-29-27-56(28-30-57)41-21-19-39(20-22-41)53-69(65,66)44-23-24-45(46(32-44)59(61)62)52-40(25-26-55(4)5)33-67-43-13-8-7-9-14-43/h7-24,31-32,34,40,52-53H,25-30,33H2,1-6H3,(H,54,60). The van der Waals surface area contributed by atoms with Crippen LogP contribution < -0.4 is 24.6 Å². The lowest BCUT2D eigenvalue weighted by molar-refractivity contribution is -0.384. The maximum absolute atomic E-state index is 13.8. The van der Waals surface area contributed by atoms with Gasteiger partial charge in [0.1, 0.15) is 5.69 Å². The third kappa shape index (κ3) is 12.6. The van der Waals surface area contributed by atoms with Crippen LogP contribution in [0.3, 0.4) is 0 Å². The molecule has 69 heavy (non-hydrogen) atoms. The number of piperazine rings is 1. The molecule has 0 saturated carbocycles. The first-order chi connectivity index (χ1) is 32.8. The summed E-state index contributed by atoms with van der Waals surface area (Å²) in [6.45, 7) is 9.23. The number of hydrogen-bond acceptors (Lipinski definition) is 12. The van der Waals surface area contributed by atoms with Gasteiger partial charge in [-0.15, -0.1) is 11.8 Å². The molecule has 1 unspecified atom stereocenters. The first-order valence-corrected chi connectivity index (χ1v) is 27.2. The van der Waals surface area contributed by atoms with E-state index >= 15 is 0 Å². The molecule has 0 bridgehead atoms. The number of thioether (sulfide) groups is 1. The average molecular weight is 1010 g/mol. The second kappa shape index (κ2) is 21.7. The minimum Gasteiger partial charge on any atom is -0.376 e. The van der Waals surface area contributed by atoms with Crippen molar-refractivity contribution < 1.29 is 26.6 Å². The second-order valence-corrected chi connectivity index (χ2v) is 22.5. The van der Waals surface area contributed by atoms with Crippen LogP contribution in [0.15, 0.2) is 131 Å². The van der Waals surface area contributed by atoms with Gasteiger partial charge in [-0.1, -0.05) is 54.1 Å². The summed E-state index contributed by atoms with van der Waals surface area (Å²) in [6.07, 6.45) is 1.68. The molecule has 19 heteroatoms. The fraction of sp³-hybridized carbons (Fsp3) is 0.300. The van der Waals surface area contributed by atoms with E-state index in [1.807, 2.05) is 119 Å². The van der Waals surface area contributed by atoms with Crippen molar-refractivity contribution in [3.8, 4) is 22.4 Å². The maximum atomic E-state index is 13.8. The Morgan fingerprint density at radius 1 is 0.826 bits per heavy atom. The number of nitrogens with zero attached hydrogens (tertiary/aromatic N) is 5. The van der Waals surface area contributed by atoms with Gasteiger partial charge in [0.25, 0.3) is 21.6 Å². The van der Waals surface area contributed by atoms with Crippen LogP contribution in [0, 0.1) is 17.0 Å². The molecular weight excluding hydrogens is 956 g/mol. The summed E-state index contributed by atoms with van der Waals surface area (Å²) < 4.78 is 58.8. The van der Waals surface area contributed by atoms with Crippen LogP contribution in [0.4, 0.5) is 28.4 Å². The zero-order valence-electron chi connectivity index (χ0n) is 39.3. The van der Waals surface area contributed by atoms with Crippen molar-refractivity contribution in [2.45, 2.75) is 49.1 Å². The average Bonchev–Trinajstić information content (AvgIpc) is 3.63. The summed E-state index contributed by atoms with van der Waals surface area (Å²) >= 11 is 7.94. The van der Waals surface area contributed by atoms with E-state index in [1.54, 1.807) is 36.0 Å². The van der Waals surface area contributed by atoms with Crippen molar-refractivity contribution in [3.05, 3.63) is 148 Å². The molecule has 0 spiro atoms. The molecule has 3 N–H and O–H groups in total. The summed E-state index contributed by atoms with van der Waals surface area (Å²) in [6, 6.07) is 35.9. The monoisotopic (exact) mass is 1010 g/mol. The smallest absolute Gasteiger partial charge is 0.293 e.